The van der Waals surface area contributed by atoms with E-state index in [9.17, 15) is 15.4 Å². The van der Waals surface area contributed by atoms with Gasteiger partial charge in [-0.3, -0.25) is 10.1 Å². The number of rotatable bonds is 6. The molecule has 0 atom stereocenters. The Morgan fingerprint density at radius 2 is 1.67 bits per heavy atom. The molecule has 0 aliphatic carbocycles. The number of para-hydroxylation sites is 1. The van der Waals surface area contributed by atoms with E-state index >= 15 is 0 Å². The molecule has 0 fully saturated rings. The average Bonchev–Trinajstić information content (AvgIpc) is 2.77. The van der Waals surface area contributed by atoms with Gasteiger partial charge in [0.1, 0.15) is 17.5 Å². The van der Waals surface area contributed by atoms with Crippen molar-refractivity contribution in [3.05, 3.63) is 58.1 Å². The molecule has 0 saturated heterocycles. The smallest absolute Gasteiger partial charge is 0.278 e. The summed E-state index contributed by atoms with van der Waals surface area (Å²) in [5.41, 5.74) is 7.58. The highest BCUT2D eigenvalue weighted by Gasteiger charge is 2.21. The van der Waals surface area contributed by atoms with Crippen LogP contribution < -0.4 is 19.9 Å². The van der Waals surface area contributed by atoms with E-state index in [-0.39, 0.29) is 28.3 Å². The number of anilines is 1. The van der Waals surface area contributed by atoms with Gasteiger partial charge in [0.2, 0.25) is 5.75 Å². The van der Waals surface area contributed by atoms with E-state index in [0.717, 1.165) is 0 Å². The van der Waals surface area contributed by atoms with Crippen molar-refractivity contribution < 1.29 is 19.1 Å². The Labute approximate surface area is 172 Å². The Kier molecular flexibility index (Phi) is 5.69. The van der Waals surface area contributed by atoms with Gasteiger partial charge < -0.3 is 19.9 Å². The first-order valence-corrected chi connectivity index (χ1v) is 8.69. The minimum Gasteiger partial charge on any atom is -0.493 e. The second kappa shape index (κ2) is 8.36. The summed E-state index contributed by atoms with van der Waals surface area (Å²) in [6.45, 7) is 0. The fourth-order valence-electron chi connectivity index (χ4n) is 3.13. The third kappa shape index (κ3) is 3.54. The SMILES string of the molecule is COc1cc(-c2cc(-c3ccccc3[N+](=O)[O-])nc(N)c2C#N)cc(OC)c1OC. The van der Waals surface area contributed by atoms with Gasteiger partial charge in [-0.1, -0.05) is 12.1 Å². The molecule has 1 aromatic heterocycles. The highest BCUT2D eigenvalue weighted by molar-refractivity contribution is 5.84. The van der Waals surface area contributed by atoms with Crippen molar-refractivity contribution in [1.82, 2.24) is 4.98 Å². The van der Waals surface area contributed by atoms with Crippen molar-refractivity contribution in [1.29, 1.82) is 5.26 Å². The summed E-state index contributed by atoms with van der Waals surface area (Å²) in [6, 6.07) is 13.1. The molecule has 0 amide bonds. The predicted octanol–water partition coefficient (Wildman–Crippen LogP) is 3.80. The molecule has 152 valence electrons. The highest BCUT2D eigenvalue weighted by Crippen LogP contribution is 2.43. The number of pyridine rings is 1. The van der Waals surface area contributed by atoms with Crippen LogP contribution in [0.5, 0.6) is 17.2 Å². The number of nitriles is 1. The predicted molar refractivity (Wildman–Crippen MR) is 111 cm³/mol. The molecule has 30 heavy (non-hydrogen) atoms. The van der Waals surface area contributed by atoms with E-state index in [2.05, 4.69) is 4.98 Å². The van der Waals surface area contributed by atoms with Crippen LogP contribution in [0.15, 0.2) is 42.5 Å². The topological polar surface area (TPSA) is 134 Å². The monoisotopic (exact) mass is 406 g/mol. The zero-order chi connectivity index (χ0) is 21.8. The fourth-order valence-corrected chi connectivity index (χ4v) is 3.13. The average molecular weight is 406 g/mol. The first-order valence-electron chi connectivity index (χ1n) is 8.69. The maximum absolute atomic E-state index is 11.4. The normalized spacial score (nSPS) is 10.2. The van der Waals surface area contributed by atoms with Crippen LogP contribution in [0.25, 0.3) is 22.4 Å². The van der Waals surface area contributed by atoms with E-state index in [0.29, 0.717) is 28.4 Å². The molecule has 0 spiro atoms. The molecule has 0 aliphatic heterocycles. The minimum atomic E-state index is -0.496. The lowest BCUT2D eigenvalue weighted by atomic mass is 9.97. The number of aromatic nitrogens is 1. The molecule has 0 saturated carbocycles. The molecule has 0 bridgehead atoms. The molecule has 3 aromatic rings. The number of nitrogens with two attached hydrogens (primary N) is 1. The molecule has 9 nitrogen and oxygen atoms in total. The number of hydrogen-bond donors (Lipinski definition) is 1. The lowest BCUT2D eigenvalue weighted by molar-refractivity contribution is -0.384. The van der Waals surface area contributed by atoms with Crippen molar-refractivity contribution in [2.75, 3.05) is 27.1 Å². The van der Waals surface area contributed by atoms with E-state index in [1.54, 1.807) is 36.4 Å². The van der Waals surface area contributed by atoms with Gasteiger partial charge in [0.25, 0.3) is 5.69 Å². The molecule has 9 heteroatoms. The number of nitro groups is 1. The molecule has 0 radical (unpaired) electrons. The molecular weight excluding hydrogens is 388 g/mol. The Morgan fingerprint density at radius 3 is 2.20 bits per heavy atom. The van der Waals surface area contributed by atoms with Crippen molar-refractivity contribution in [3.8, 4) is 45.7 Å². The number of ether oxygens (including phenoxy) is 3. The number of hydrogen-bond acceptors (Lipinski definition) is 8. The molecule has 1 heterocycles. The largest absolute Gasteiger partial charge is 0.493 e. The summed E-state index contributed by atoms with van der Waals surface area (Å²) in [5.74, 6) is 1.12. The summed E-state index contributed by atoms with van der Waals surface area (Å²) >= 11 is 0. The van der Waals surface area contributed by atoms with Crippen molar-refractivity contribution in [3.63, 3.8) is 0 Å². The van der Waals surface area contributed by atoms with Crippen LogP contribution in [0.3, 0.4) is 0 Å². The lowest BCUT2D eigenvalue weighted by Gasteiger charge is -2.16. The standard InChI is InChI=1S/C21H18N4O5/c1-28-18-8-12(9-19(29-2)20(18)30-3)14-10-16(24-21(23)15(14)11-22)13-6-4-5-7-17(13)25(26)27/h4-10H,1-3H3,(H2,23,24). The summed E-state index contributed by atoms with van der Waals surface area (Å²) in [6.07, 6.45) is 0. The van der Waals surface area contributed by atoms with Crippen LogP contribution in [0.2, 0.25) is 0 Å². The molecule has 2 aromatic carbocycles. The van der Waals surface area contributed by atoms with Crippen LogP contribution in [0.1, 0.15) is 5.56 Å². The van der Waals surface area contributed by atoms with Gasteiger partial charge in [-0.05, 0) is 29.8 Å². The van der Waals surface area contributed by atoms with E-state index in [4.69, 9.17) is 19.9 Å². The van der Waals surface area contributed by atoms with Crippen LogP contribution in [-0.2, 0) is 0 Å². The molecule has 0 unspecified atom stereocenters. The summed E-state index contributed by atoms with van der Waals surface area (Å²) in [4.78, 5) is 15.2. The summed E-state index contributed by atoms with van der Waals surface area (Å²) in [5, 5.41) is 21.1. The van der Waals surface area contributed by atoms with Gasteiger partial charge in [0, 0.05) is 11.6 Å². The van der Waals surface area contributed by atoms with E-state index in [1.807, 2.05) is 6.07 Å². The van der Waals surface area contributed by atoms with Gasteiger partial charge in [-0.15, -0.1) is 0 Å². The Bertz CT molecular complexity index is 1150. The Morgan fingerprint density at radius 1 is 1.03 bits per heavy atom. The van der Waals surface area contributed by atoms with Gasteiger partial charge in [-0.2, -0.15) is 5.26 Å². The fraction of sp³-hybridized carbons (Fsp3) is 0.143. The molecule has 0 aliphatic rings. The van der Waals surface area contributed by atoms with Crippen LogP contribution in [0, 0.1) is 21.4 Å². The third-order valence-corrected chi connectivity index (χ3v) is 4.51. The zero-order valence-electron chi connectivity index (χ0n) is 16.5. The first kappa shape index (κ1) is 20.4. The number of nitrogens with zero attached hydrogens (tertiary/aromatic N) is 3. The van der Waals surface area contributed by atoms with E-state index < -0.39 is 4.92 Å². The number of nitrogen functional groups attached to an aromatic ring is 1. The van der Waals surface area contributed by atoms with Crippen molar-refractivity contribution >= 4 is 11.5 Å². The molecule has 3 rings (SSSR count). The molecular formula is C21H18N4O5. The number of nitro benzene ring substituents is 1. The minimum absolute atomic E-state index is 0.0445. The first-order chi connectivity index (χ1) is 14.4. The maximum atomic E-state index is 11.4. The number of methoxy groups -OCH3 is 3. The zero-order valence-corrected chi connectivity index (χ0v) is 16.5. The third-order valence-electron chi connectivity index (χ3n) is 4.51. The van der Waals surface area contributed by atoms with Gasteiger partial charge in [0.15, 0.2) is 11.5 Å². The van der Waals surface area contributed by atoms with Crippen molar-refractivity contribution in [2.24, 2.45) is 0 Å². The lowest BCUT2D eigenvalue weighted by Crippen LogP contribution is -2.02. The van der Waals surface area contributed by atoms with E-state index in [1.165, 1.54) is 27.4 Å². The van der Waals surface area contributed by atoms with Gasteiger partial charge >= 0.3 is 0 Å². The quantitative estimate of drug-likeness (QED) is 0.482. The van der Waals surface area contributed by atoms with Crippen LogP contribution in [0.4, 0.5) is 11.5 Å². The number of benzene rings is 2. The Balaban J connectivity index is 2.32. The van der Waals surface area contributed by atoms with Crippen LogP contribution in [-0.4, -0.2) is 31.2 Å². The summed E-state index contributed by atoms with van der Waals surface area (Å²) in [7, 11) is 4.44. The second-order valence-electron chi connectivity index (χ2n) is 6.12. The van der Waals surface area contributed by atoms with Crippen molar-refractivity contribution in [2.45, 2.75) is 0 Å². The maximum Gasteiger partial charge on any atom is 0.278 e. The second-order valence-corrected chi connectivity index (χ2v) is 6.12. The Hall–Kier alpha value is -4.32. The molecule has 2 N–H and O–H groups in total. The van der Waals surface area contributed by atoms with Gasteiger partial charge in [-0.25, -0.2) is 4.98 Å². The van der Waals surface area contributed by atoms with Gasteiger partial charge in [0.05, 0.1) is 37.5 Å². The highest BCUT2D eigenvalue weighted by atomic mass is 16.6. The summed E-state index contributed by atoms with van der Waals surface area (Å²) < 4.78 is 16.1. The van der Waals surface area contributed by atoms with Crippen LogP contribution >= 0.6 is 0 Å².